The van der Waals surface area contributed by atoms with Crippen LogP contribution in [0.2, 0.25) is 0 Å². The summed E-state index contributed by atoms with van der Waals surface area (Å²) in [5.74, 6) is 0.264. The van der Waals surface area contributed by atoms with Gasteiger partial charge in [0.25, 0.3) is 0 Å². The molecule has 0 saturated heterocycles. The first-order chi connectivity index (χ1) is 8.65. The van der Waals surface area contributed by atoms with Gasteiger partial charge in [-0.2, -0.15) is 0 Å². The van der Waals surface area contributed by atoms with Gasteiger partial charge in [-0.05, 0) is 39.5 Å². The van der Waals surface area contributed by atoms with E-state index in [4.69, 9.17) is 0 Å². The third kappa shape index (κ3) is 4.84. The number of amides is 2. The SMILES string of the molecule is CC(C)CC(=O)NC1(C(=O)NC(C)(C)C)CCCC1. The van der Waals surface area contributed by atoms with Crippen LogP contribution in [-0.2, 0) is 9.59 Å². The summed E-state index contributed by atoms with van der Waals surface area (Å²) in [5, 5.41) is 6.00. The summed E-state index contributed by atoms with van der Waals surface area (Å²) in [6.07, 6.45) is 3.97. The number of nitrogens with one attached hydrogen (secondary N) is 2. The highest BCUT2D eigenvalue weighted by Crippen LogP contribution is 2.30. The fourth-order valence-electron chi connectivity index (χ4n) is 2.54. The predicted octanol–water partition coefficient (Wildman–Crippen LogP) is 2.38. The monoisotopic (exact) mass is 268 g/mol. The summed E-state index contributed by atoms with van der Waals surface area (Å²) in [5.41, 5.74) is -0.950. The van der Waals surface area contributed by atoms with Crippen molar-refractivity contribution in [2.75, 3.05) is 0 Å². The first kappa shape index (κ1) is 16.0. The molecule has 0 aromatic rings. The molecule has 0 spiro atoms. The number of hydrogen-bond donors (Lipinski definition) is 2. The molecule has 0 aliphatic heterocycles. The molecule has 1 saturated carbocycles. The van der Waals surface area contributed by atoms with Crippen molar-refractivity contribution in [3.8, 4) is 0 Å². The fourth-order valence-corrected chi connectivity index (χ4v) is 2.54. The molecule has 0 atom stereocenters. The zero-order chi connectivity index (χ0) is 14.7. The van der Waals surface area contributed by atoms with E-state index >= 15 is 0 Å². The first-order valence-electron chi connectivity index (χ1n) is 7.28. The fraction of sp³-hybridized carbons (Fsp3) is 0.867. The number of carbonyl (C=O) groups excluding carboxylic acids is 2. The predicted molar refractivity (Wildman–Crippen MR) is 76.7 cm³/mol. The Hall–Kier alpha value is -1.06. The van der Waals surface area contributed by atoms with E-state index in [1.807, 2.05) is 34.6 Å². The number of hydrogen-bond acceptors (Lipinski definition) is 2. The highest BCUT2D eigenvalue weighted by Gasteiger charge is 2.43. The lowest BCUT2D eigenvalue weighted by Gasteiger charge is -2.33. The number of carbonyl (C=O) groups is 2. The van der Waals surface area contributed by atoms with Gasteiger partial charge >= 0.3 is 0 Å². The average Bonchev–Trinajstić information content (AvgIpc) is 2.63. The van der Waals surface area contributed by atoms with Crippen LogP contribution in [0.1, 0.15) is 66.7 Å². The molecule has 4 heteroatoms. The van der Waals surface area contributed by atoms with Crippen LogP contribution >= 0.6 is 0 Å². The third-order valence-electron chi connectivity index (χ3n) is 3.35. The van der Waals surface area contributed by atoms with E-state index in [0.717, 1.165) is 25.7 Å². The topological polar surface area (TPSA) is 58.2 Å². The van der Waals surface area contributed by atoms with Gasteiger partial charge in [-0.1, -0.05) is 26.7 Å². The molecule has 1 aliphatic carbocycles. The Balaban J connectivity index is 2.74. The zero-order valence-electron chi connectivity index (χ0n) is 12.9. The summed E-state index contributed by atoms with van der Waals surface area (Å²) in [7, 11) is 0. The van der Waals surface area contributed by atoms with Crippen molar-refractivity contribution in [3.05, 3.63) is 0 Å². The first-order valence-corrected chi connectivity index (χ1v) is 7.28. The molecule has 1 rings (SSSR count). The van der Waals surface area contributed by atoms with Gasteiger partial charge in [0, 0.05) is 12.0 Å². The van der Waals surface area contributed by atoms with Gasteiger partial charge in [-0.25, -0.2) is 0 Å². The van der Waals surface area contributed by atoms with E-state index in [2.05, 4.69) is 10.6 Å². The molecule has 2 N–H and O–H groups in total. The lowest BCUT2D eigenvalue weighted by molar-refractivity contribution is -0.134. The maximum atomic E-state index is 12.5. The highest BCUT2D eigenvalue weighted by molar-refractivity contribution is 5.92. The van der Waals surface area contributed by atoms with Crippen molar-refractivity contribution >= 4 is 11.8 Å². The summed E-state index contributed by atoms with van der Waals surface area (Å²) in [6.45, 7) is 9.91. The van der Waals surface area contributed by atoms with Gasteiger partial charge in [-0.3, -0.25) is 9.59 Å². The minimum Gasteiger partial charge on any atom is -0.349 e. The number of rotatable bonds is 4. The molecule has 0 aromatic carbocycles. The summed E-state index contributed by atoms with van der Waals surface area (Å²) in [4.78, 5) is 24.5. The lowest BCUT2D eigenvalue weighted by Crippen LogP contribution is -2.60. The summed E-state index contributed by atoms with van der Waals surface area (Å²) >= 11 is 0. The Morgan fingerprint density at radius 1 is 1.16 bits per heavy atom. The third-order valence-corrected chi connectivity index (χ3v) is 3.35. The van der Waals surface area contributed by atoms with E-state index in [1.165, 1.54) is 0 Å². The lowest BCUT2D eigenvalue weighted by atomic mass is 9.93. The van der Waals surface area contributed by atoms with Crippen molar-refractivity contribution in [1.29, 1.82) is 0 Å². The minimum absolute atomic E-state index is 0.0130. The molecule has 0 aromatic heterocycles. The largest absolute Gasteiger partial charge is 0.349 e. The standard InChI is InChI=1S/C15H28N2O2/c1-11(2)10-12(18)16-15(8-6-7-9-15)13(19)17-14(3,4)5/h11H,6-10H2,1-5H3,(H,16,18)(H,17,19). The van der Waals surface area contributed by atoms with E-state index < -0.39 is 5.54 Å². The van der Waals surface area contributed by atoms with Crippen LogP contribution in [0, 0.1) is 5.92 Å². The van der Waals surface area contributed by atoms with Gasteiger partial charge in [0.15, 0.2) is 0 Å². The smallest absolute Gasteiger partial charge is 0.246 e. The van der Waals surface area contributed by atoms with Crippen LogP contribution in [0.15, 0.2) is 0 Å². The van der Waals surface area contributed by atoms with Crippen molar-refractivity contribution in [3.63, 3.8) is 0 Å². The van der Waals surface area contributed by atoms with Crippen LogP contribution in [-0.4, -0.2) is 22.9 Å². The molecule has 2 amide bonds. The van der Waals surface area contributed by atoms with Crippen molar-refractivity contribution in [2.24, 2.45) is 5.92 Å². The Labute approximate surface area is 116 Å². The van der Waals surface area contributed by atoms with Gasteiger partial charge in [0.2, 0.25) is 11.8 Å². The highest BCUT2D eigenvalue weighted by atomic mass is 16.2. The van der Waals surface area contributed by atoms with Crippen molar-refractivity contribution in [2.45, 2.75) is 77.8 Å². The Kier molecular flexibility index (Phi) is 4.99. The molecular formula is C15H28N2O2. The van der Waals surface area contributed by atoms with Gasteiger partial charge in [-0.15, -0.1) is 0 Å². The molecule has 4 nitrogen and oxygen atoms in total. The minimum atomic E-state index is -0.681. The van der Waals surface area contributed by atoms with E-state index in [-0.39, 0.29) is 17.4 Å². The molecule has 0 radical (unpaired) electrons. The molecular weight excluding hydrogens is 240 g/mol. The maximum absolute atomic E-state index is 12.5. The molecule has 110 valence electrons. The molecule has 0 heterocycles. The average molecular weight is 268 g/mol. The van der Waals surface area contributed by atoms with Crippen LogP contribution in [0.3, 0.4) is 0 Å². The second-order valence-corrected chi connectivity index (χ2v) is 7.14. The van der Waals surface area contributed by atoms with E-state index in [0.29, 0.717) is 12.3 Å². The van der Waals surface area contributed by atoms with Gasteiger partial charge in [0.1, 0.15) is 5.54 Å². The molecule has 1 aliphatic rings. The molecule has 19 heavy (non-hydrogen) atoms. The maximum Gasteiger partial charge on any atom is 0.246 e. The van der Waals surface area contributed by atoms with Crippen molar-refractivity contribution in [1.82, 2.24) is 10.6 Å². The van der Waals surface area contributed by atoms with Gasteiger partial charge in [0.05, 0.1) is 0 Å². The molecule has 0 bridgehead atoms. The summed E-state index contributed by atoms with van der Waals surface area (Å²) < 4.78 is 0. The van der Waals surface area contributed by atoms with E-state index in [1.54, 1.807) is 0 Å². The second kappa shape index (κ2) is 5.93. The van der Waals surface area contributed by atoms with Crippen LogP contribution in [0.5, 0.6) is 0 Å². The van der Waals surface area contributed by atoms with E-state index in [9.17, 15) is 9.59 Å². The molecule has 0 unspecified atom stereocenters. The van der Waals surface area contributed by atoms with Gasteiger partial charge < -0.3 is 10.6 Å². The van der Waals surface area contributed by atoms with Crippen LogP contribution in [0.4, 0.5) is 0 Å². The second-order valence-electron chi connectivity index (χ2n) is 7.14. The normalized spacial score (nSPS) is 18.4. The zero-order valence-corrected chi connectivity index (χ0v) is 12.9. The molecule has 1 fully saturated rings. The Morgan fingerprint density at radius 3 is 2.11 bits per heavy atom. The Morgan fingerprint density at radius 2 is 1.68 bits per heavy atom. The van der Waals surface area contributed by atoms with Crippen LogP contribution in [0.25, 0.3) is 0 Å². The summed E-state index contributed by atoms with van der Waals surface area (Å²) in [6, 6.07) is 0. The van der Waals surface area contributed by atoms with Crippen molar-refractivity contribution < 1.29 is 9.59 Å². The van der Waals surface area contributed by atoms with Crippen LogP contribution < -0.4 is 10.6 Å². The Bertz CT molecular complexity index is 337. The quantitative estimate of drug-likeness (QED) is 0.822.